The van der Waals surface area contributed by atoms with Crippen LogP contribution in [0, 0.1) is 13.8 Å². The van der Waals surface area contributed by atoms with Gasteiger partial charge in [0.2, 0.25) is 5.91 Å². The van der Waals surface area contributed by atoms with Crippen LogP contribution in [0.3, 0.4) is 0 Å². The number of hydrogen-bond donors (Lipinski definition) is 3. The molecular weight excluding hydrogens is 348 g/mol. The molecule has 2 aromatic rings. The largest absolute Gasteiger partial charge is 0.336 e. The van der Waals surface area contributed by atoms with E-state index in [9.17, 15) is 14.4 Å². The number of thioether (sulfide) groups is 1. The Bertz CT molecular complexity index is 826. The van der Waals surface area contributed by atoms with Crippen molar-refractivity contribution < 1.29 is 9.59 Å². The van der Waals surface area contributed by atoms with Crippen LogP contribution in [0.25, 0.3) is 10.2 Å². The number of nitrogens with zero attached hydrogens (tertiary/aromatic N) is 1. The van der Waals surface area contributed by atoms with E-state index in [4.69, 9.17) is 0 Å². The summed E-state index contributed by atoms with van der Waals surface area (Å²) in [4.78, 5) is 44.2. The molecule has 0 aliphatic rings. The van der Waals surface area contributed by atoms with Gasteiger partial charge in [-0.3, -0.25) is 14.9 Å². The molecule has 0 aliphatic heterocycles. The molecule has 0 radical (unpaired) electrons. The van der Waals surface area contributed by atoms with E-state index in [1.54, 1.807) is 0 Å². The molecule has 0 saturated heterocycles. The Balaban J connectivity index is 1.93. The number of H-pyrrole nitrogens is 1. The predicted molar refractivity (Wildman–Crippen MR) is 97.7 cm³/mol. The third-order valence-electron chi connectivity index (χ3n) is 3.23. The lowest BCUT2D eigenvalue weighted by Crippen LogP contribution is -2.43. The number of aryl methyl sites for hydroxylation is 2. The fourth-order valence-electron chi connectivity index (χ4n) is 2.07. The third-order valence-corrected chi connectivity index (χ3v) is 5.28. The lowest BCUT2D eigenvalue weighted by Gasteiger charge is -2.08. The number of hydrogen-bond acceptors (Lipinski definition) is 6. The second-order valence-corrected chi connectivity index (χ2v) is 7.83. The Kier molecular flexibility index (Phi) is 6.00. The smallest absolute Gasteiger partial charge is 0.321 e. The van der Waals surface area contributed by atoms with Crippen LogP contribution in [-0.2, 0) is 10.5 Å². The lowest BCUT2D eigenvalue weighted by molar-refractivity contribution is -0.117. The second-order valence-electron chi connectivity index (χ2n) is 5.65. The maximum absolute atomic E-state index is 12.1. The van der Waals surface area contributed by atoms with Gasteiger partial charge in [-0.15, -0.1) is 23.1 Å². The highest BCUT2D eigenvalue weighted by atomic mass is 32.2. The molecule has 0 aromatic carbocycles. The van der Waals surface area contributed by atoms with Crippen LogP contribution >= 0.6 is 23.1 Å². The number of amides is 3. The van der Waals surface area contributed by atoms with E-state index < -0.39 is 6.03 Å². The molecule has 3 amide bonds. The summed E-state index contributed by atoms with van der Waals surface area (Å²) in [5, 5.41) is 5.46. The Morgan fingerprint density at radius 1 is 1.33 bits per heavy atom. The first-order chi connectivity index (χ1) is 11.3. The number of fused-ring (bicyclic) bond motifs is 1. The molecule has 0 unspecified atom stereocenters. The maximum Gasteiger partial charge on any atom is 0.321 e. The second kappa shape index (κ2) is 7.80. The van der Waals surface area contributed by atoms with E-state index in [0.717, 1.165) is 10.4 Å². The van der Waals surface area contributed by atoms with Crippen molar-refractivity contribution in [3.05, 3.63) is 26.6 Å². The molecule has 0 fully saturated rings. The zero-order valence-electron chi connectivity index (χ0n) is 14.0. The third kappa shape index (κ3) is 4.57. The van der Waals surface area contributed by atoms with Gasteiger partial charge >= 0.3 is 6.03 Å². The molecule has 0 aliphatic carbocycles. The molecule has 0 bridgehead atoms. The van der Waals surface area contributed by atoms with Crippen molar-refractivity contribution in [1.82, 2.24) is 20.6 Å². The van der Waals surface area contributed by atoms with E-state index in [1.165, 1.54) is 23.1 Å². The van der Waals surface area contributed by atoms with Gasteiger partial charge in [-0.25, -0.2) is 9.78 Å². The molecular formula is C15H20N4O3S2. The molecule has 130 valence electrons. The molecule has 2 heterocycles. The molecule has 0 saturated carbocycles. The van der Waals surface area contributed by atoms with Crippen LogP contribution in [0.1, 0.15) is 30.1 Å². The molecule has 7 nitrogen and oxygen atoms in total. The van der Waals surface area contributed by atoms with Gasteiger partial charge in [0.15, 0.2) is 0 Å². The van der Waals surface area contributed by atoms with Crippen molar-refractivity contribution in [2.24, 2.45) is 0 Å². The number of aromatic amines is 1. The quantitative estimate of drug-likeness (QED) is 0.749. The van der Waals surface area contributed by atoms with Gasteiger partial charge in [0, 0.05) is 10.9 Å². The lowest BCUT2D eigenvalue weighted by atomic mass is 10.2. The molecule has 0 atom stereocenters. The highest BCUT2D eigenvalue weighted by Crippen LogP contribution is 2.26. The number of carbonyl (C=O) groups excluding carboxylic acids is 2. The Morgan fingerprint density at radius 3 is 2.71 bits per heavy atom. The Hall–Kier alpha value is -1.87. The standard InChI is InChI=1S/C15H20N4O3S2/c1-7(2)16-15(22)19-11(20)6-23-5-10-17-13(21)12-8(3)9(4)24-14(12)18-10/h7H,5-6H2,1-4H3,(H,17,18,21)(H2,16,19,20,22). The average Bonchev–Trinajstić information content (AvgIpc) is 2.73. The monoisotopic (exact) mass is 368 g/mol. The van der Waals surface area contributed by atoms with Crippen LogP contribution in [-0.4, -0.2) is 33.7 Å². The van der Waals surface area contributed by atoms with E-state index in [0.29, 0.717) is 21.8 Å². The summed E-state index contributed by atoms with van der Waals surface area (Å²) in [5.74, 6) is 0.637. The van der Waals surface area contributed by atoms with Gasteiger partial charge in [-0.1, -0.05) is 0 Å². The first-order valence-electron chi connectivity index (χ1n) is 7.45. The fourth-order valence-corrected chi connectivity index (χ4v) is 3.81. The van der Waals surface area contributed by atoms with Gasteiger partial charge < -0.3 is 10.3 Å². The molecule has 3 N–H and O–H groups in total. The molecule has 2 rings (SSSR count). The van der Waals surface area contributed by atoms with Crippen molar-refractivity contribution in [2.75, 3.05) is 5.75 Å². The number of thiophene rings is 1. The minimum absolute atomic E-state index is 0.0378. The SMILES string of the molecule is Cc1sc2nc(CSCC(=O)NC(=O)NC(C)C)[nH]c(=O)c2c1C. The van der Waals surface area contributed by atoms with E-state index in [-0.39, 0.29) is 23.3 Å². The number of aromatic nitrogens is 2. The van der Waals surface area contributed by atoms with Crippen molar-refractivity contribution >= 4 is 45.3 Å². The molecule has 2 aromatic heterocycles. The highest BCUT2D eigenvalue weighted by molar-refractivity contribution is 7.99. The summed E-state index contributed by atoms with van der Waals surface area (Å²) in [7, 11) is 0. The number of rotatable bonds is 5. The minimum atomic E-state index is -0.506. The average molecular weight is 368 g/mol. The first-order valence-corrected chi connectivity index (χ1v) is 9.42. The van der Waals surface area contributed by atoms with Crippen LogP contribution in [0.5, 0.6) is 0 Å². The number of imide groups is 1. The predicted octanol–water partition coefficient (Wildman–Crippen LogP) is 2.07. The fraction of sp³-hybridized carbons (Fsp3) is 0.467. The number of carbonyl (C=O) groups is 2. The molecule has 0 spiro atoms. The summed E-state index contributed by atoms with van der Waals surface area (Å²) in [6.07, 6.45) is 0. The van der Waals surface area contributed by atoms with E-state index in [2.05, 4.69) is 20.6 Å². The normalized spacial score (nSPS) is 11.0. The van der Waals surface area contributed by atoms with Crippen LogP contribution < -0.4 is 16.2 Å². The Morgan fingerprint density at radius 2 is 2.04 bits per heavy atom. The minimum Gasteiger partial charge on any atom is -0.336 e. The number of urea groups is 1. The summed E-state index contributed by atoms with van der Waals surface area (Å²) >= 11 is 2.77. The van der Waals surface area contributed by atoms with Crippen LogP contribution in [0.15, 0.2) is 4.79 Å². The van der Waals surface area contributed by atoms with E-state index in [1.807, 2.05) is 27.7 Å². The van der Waals surface area contributed by atoms with Gasteiger partial charge in [-0.2, -0.15) is 0 Å². The summed E-state index contributed by atoms with van der Waals surface area (Å²) in [6, 6.07) is -0.544. The topological polar surface area (TPSA) is 104 Å². The van der Waals surface area contributed by atoms with Gasteiger partial charge in [0.05, 0.1) is 16.9 Å². The van der Waals surface area contributed by atoms with Crippen molar-refractivity contribution in [3.8, 4) is 0 Å². The van der Waals surface area contributed by atoms with Crippen LogP contribution in [0.4, 0.5) is 4.79 Å². The summed E-state index contributed by atoms with van der Waals surface area (Å²) < 4.78 is 0. The van der Waals surface area contributed by atoms with Crippen molar-refractivity contribution in [2.45, 2.75) is 39.5 Å². The van der Waals surface area contributed by atoms with E-state index >= 15 is 0 Å². The number of nitrogens with one attached hydrogen (secondary N) is 3. The molecule has 9 heteroatoms. The zero-order valence-corrected chi connectivity index (χ0v) is 15.6. The maximum atomic E-state index is 12.1. The zero-order chi connectivity index (χ0) is 17.9. The van der Waals surface area contributed by atoms with Crippen molar-refractivity contribution in [1.29, 1.82) is 0 Å². The first kappa shape index (κ1) is 18.5. The van der Waals surface area contributed by atoms with Gasteiger partial charge in [-0.05, 0) is 33.3 Å². The van der Waals surface area contributed by atoms with Gasteiger partial charge in [0.1, 0.15) is 10.7 Å². The van der Waals surface area contributed by atoms with Crippen molar-refractivity contribution in [3.63, 3.8) is 0 Å². The summed E-state index contributed by atoms with van der Waals surface area (Å²) in [5.41, 5.74) is 0.803. The summed E-state index contributed by atoms with van der Waals surface area (Å²) in [6.45, 7) is 7.49. The highest BCUT2D eigenvalue weighted by Gasteiger charge is 2.13. The Labute approximate surface area is 147 Å². The van der Waals surface area contributed by atoms with Gasteiger partial charge in [0.25, 0.3) is 5.56 Å². The molecule has 24 heavy (non-hydrogen) atoms. The van der Waals surface area contributed by atoms with Crippen LogP contribution in [0.2, 0.25) is 0 Å².